The second-order valence-corrected chi connectivity index (χ2v) is 4.88. The van der Waals surface area contributed by atoms with Gasteiger partial charge in [-0.25, -0.2) is 4.98 Å². The Labute approximate surface area is 103 Å². The highest BCUT2D eigenvalue weighted by molar-refractivity contribution is 14.1. The van der Waals surface area contributed by atoms with Gasteiger partial charge >= 0.3 is 0 Å². The number of hydrogen-bond donors (Lipinski definition) is 1. The minimum atomic E-state index is -0.0756. The molecule has 1 N–H and O–H groups in total. The maximum Gasteiger partial charge on any atom is 0.264 e. The molecule has 4 nitrogen and oxygen atoms in total. The Balaban J connectivity index is 3.06. The number of nitrogens with zero attached hydrogens (tertiary/aromatic N) is 1. The van der Waals surface area contributed by atoms with Crippen LogP contribution in [0.3, 0.4) is 0 Å². The summed E-state index contributed by atoms with van der Waals surface area (Å²) in [6.07, 6.45) is 0.781. The van der Waals surface area contributed by atoms with Gasteiger partial charge in [-0.3, -0.25) is 4.79 Å². The Morgan fingerprint density at radius 2 is 2.20 bits per heavy atom. The first-order valence-electron chi connectivity index (χ1n) is 4.81. The van der Waals surface area contributed by atoms with E-state index in [1.54, 1.807) is 7.11 Å². The maximum absolute atomic E-state index is 11.6. The third-order valence-electron chi connectivity index (χ3n) is 1.86. The molecule has 0 atom stereocenters. The summed E-state index contributed by atoms with van der Waals surface area (Å²) >= 11 is 1.99. The van der Waals surface area contributed by atoms with Crippen molar-refractivity contribution < 1.29 is 4.74 Å². The molecule has 0 bridgehead atoms. The summed E-state index contributed by atoms with van der Waals surface area (Å²) < 4.78 is 5.62. The van der Waals surface area contributed by atoms with Gasteiger partial charge in [-0.05, 0) is 28.5 Å². The molecule has 15 heavy (non-hydrogen) atoms. The van der Waals surface area contributed by atoms with E-state index in [2.05, 4.69) is 23.8 Å². The van der Waals surface area contributed by atoms with Gasteiger partial charge in [-0.1, -0.05) is 13.8 Å². The smallest absolute Gasteiger partial charge is 0.264 e. The Kier molecular flexibility index (Phi) is 4.72. The molecule has 0 aliphatic carbocycles. The lowest BCUT2D eigenvalue weighted by molar-refractivity contribution is 0.180. The van der Waals surface area contributed by atoms with Crippen LogP contribution < -0.4 is 5.56 Å². The topological polar surface area (TPSA) is 55.0 Å². The van der Waals surface area contributed by atoms with Crippen molar-refractivity contribution >= 4 is 22.6 Å². The zero-order valence-corrected chi connectivity index (χ0v) is 11.3. The predicted octanol–water partition coefficient (Wildman–Crippen LogP) is 1.72. The summed E-state index contributed by atoms with van der Waals surface area (Å²) in [5.41, 5.74) is 0.644. The molecule has 1 aromatic rings. The van der Waals surface area contributed by atoms with Gasteiger partial charge in [-0.2, -0.15) is 0 Å². The molecule has 0 aliphatic heterocycles. The number of methoxy groups -OCH3 is 1. The third-order valence-corrected chi connectivity index (χ3v) is 2.98. The lowest BCUT2D eigenvalue weighted by Gasteiger charge is -2.07. The predicted molar refractivity (Wildman–Crippen MR) is 66.8 cm³/mol. The monoisotopic (exact) mass is 322 g/mol. The fourth-order valence-corrected chi connectivity index (χ4v) is 1.68. The van der Waals surface area contributed by atoms with Crippen molar-refractivity contribution in [2.24, 2.45) is 5.92 Å². The number of aromatic nitrogens is 2. The zero-order valence-electron chi connectivity index (χ0n) is 9.13. The van der Waals surface area contributed by atoms with E-state index >= 15 is 0 Å². The molecule has 1 rings (SSSR count). The van der Waals surface area contributed by atoms with Crippen molar-refractivity contribution in [3.05, 3.63) is 25.4 Å². The molecule has 0 spiro atoms. The average Bonchev–Trinajstić information content (AvgIpc) is 2.12. The molecule has 84 valence electrons. The average molecular weight is 322 g/mol. The minimum absolute atomic E-state index is 0.0756. The SMILES string of the molecule is COCc1nc(CC(C)C)[nH]c(=O)c1I. The highest BCUT2D eigenvalue weighted by Gasteiger charge is 2.09. The van der Waals surface area contributed by atoms with Gasteiger partial charge in [0.25, 0.3) is 5.56 Å². The van der Waals surface area contributed by atoms with Crippen molar-refractivity contribution in [2.75, 3.05) is 7.11 Å². The molecular formula is C10H15IN2O2. The van der Waals surface area contributed by atoms with E-state index in [0.29, 0.717) is 16.1 Å². The molecule has 0 aliphatic rings. The minimum Gasteiger partial charge on any atom is -0.378 e. The molecule has 0 amide bonds. The van der Waals surface area contributed by atoms with Crippen molar-refractivity contribution in [1.82, 2.24) is 9.97 Å². The van der Waals surface area contributed by atoms with E-state index in [1.807, 2.05) is 22.6 Å². The van der Waals surface area contributed by atoms with Crippen molar-refractivity contribution in [1.29, 1.82) is 0 Å². The zero-order chi connectivity index (χ0) is 11.4. The molecule has 0 radical (unpaired) electrons. The molecule has 0 unspecified atom stereocenters. The van der Waals surface area contributed by atoms with Gasteiger partial charge in [0.1, 0.15) is 9.39 Å². The standard InChI is InChI=1S/C10H15IN2O2/c1-6(2)4-8-12-7(5-15-3)9(11)10(14)13-8/h6H,4-5H2,1-3H3,(H,12,13,14). The van der Waals surface area contributed by atoms with Crippen molar-refractivity contribution in [2.45, 2.75) is 26.9 Å². The van der Waals surface area contributed by atoms with Crippen LogP contribution in [-0.4, -0.2) is 17.1 Å². The third kappa shape index (κ3) is 3.57. The van der Waals surface area contributed by atoms with Crippen LogP contribution in [0.1, 0.15) is 25.4 Å². The second kappa shape index (κ2) is 5.60. The summed E-state index contributed by atoms with van der Waals surface area (Å²) in [7, 11) is 1.60. The van der Waals surface area contributed by atoms with Gasteiger partial charge in [-0.15, -0.1) is 0 Å². The van der Waals surface area contributed by atoms with Gasteiger partial charge in [0.15, 0.2) is 0 Å². The quantitative estimate of drug-likeness (QED) is 0.859. The Bertz CT molecular complexity index is 387. The van der Waals surface area contributed by atoms with E-state index in [0.717, 1.165) is 17.9 Å². The van der Waals surface area contributed by atoms with E-state index < -0.39 is 0 Å². The molecule has 0 saturated carbocycles. The molecule has 0 fully saturated rings. The largest absolute Gasteiger partial charge is 0.378 e. The van der Waals surface area contributed by atoms with Crippen LogP contribution in [0.25, 0.3) is 0 Å². The summed E-state index contributed by atoms with van der Waals surface area (Å²) in [4.78, 5) is 18.7. The molecule has 0 aromatic carbocycles. The number of aromatic amines is 1. The molecule has 1 aromatic heterocycles. The Hall–Kier alpha value is -0.430. The molecule has 1 heterocycles. The van der Waals surface area contributed by atoms with E-state index in [1.165, 1.54) is 0 Å². The van der Waals surface area contributed by atoms with Crippen LogP contribution in [0.5, 0.6) is 0 Å². The number of nitrogens with one attached hydrogen (secondary N) is 1. The second-order valence-electron chi connectivity index (χ2n) is 3.80. The lowest BCUT2D eigenvalue weighted by atomic mass is 10.1. The Morgan fingerprint density at radius 3 is 2.73 bits per heavy atom. The summed E-state index contributed by atoms with van der Waals surface area (Å²) in [6, 6.07) is 0. The first-order chi connectivity index (χ1) is 7.04. The van der Waals surface area contributed by atoms with Crippen LogP contribution in [0.2, 0.25) is 0 Å². The van der Waals surface area contributed by atoms with Crippen LogP contribution >= 0.6 is 22.6 Å². The lowest BCUT2D eigenvalue weighted by Crippen LogP contribution is -2.19. The van der Waals surface area contributed by atoms with E-state index in [9.17, 15) is 4.79 Å². The number of hydrogen-bond acceptors (Lipinski definition) is 3. The number of halogens is 1. The van der Waals surface area contributed by atoms with Gasteiger partial charge in [0, 0.05) is 13.5 Å². The summed E-state index contributed by atoms with van der Waals surface area (Å²) in [5.74, 6) is 1.21. The van der Waals surface area contributed by atoms with Crippen molar-refractivity contribution in [3.8, 4) is 0 Å². The molecule has 0 saturated heterocycles. The highest BCUT2D eigenvalue weighted by atomic mass is 127. The summed E-state index contributed by atoms with van der Waals surface area (Å²) in [5, 5.41) is 0. The molecular weight excluding hydrogens is 307 g/mol. The van der Waals surface area contributed by atoms with Gasteiger partial charge in [0.05, 0.1) is 12.3 Å². The number of H-pyrrole nitrogens is 1. The summed E-state index contributed by atoms with van der Waals surface area (Å²) in [6.45, 7) is 4.56. The fourth-order valence-electron chi connectivity index (χ4n) is 1.27. The number of ether oxygens (including phenoxy) is 1. The normalized spacial score (nSPS) is 11.0. The van der Waals surface area contributed by atoms with E-state index in [-0.39, 0.29) is 5.56 Å². The van der Waals surface area contributed by atoms with E-state index in [4.69, 9.17) is 4.74 Å². The van der Waals surface area contributed by atoms with Crippen LogP contribution in [-0.2, 0) is 17.8 Å². The van der Waals surface area contributed by atoms with Crippen LogP contribution in [0, 0.1) is 9.49 Å². The maximum atomic E-state index is 11.6. The number of rotatable bonds is 4. The van der Waals surface area contributed by atoms with Gasteiger partial charge < -0.3 is 9.72 Å². The van der Waals surface area contributed by atoms with Crippen molar-refractivity contribution in [3.63, 3.8) is 0 Å². The highest BCUT2D eigenvalue weighted by Crippen LogP contribution is 2.08. The Morgan fingerprint density at radius 1 is 1.53 bits per heavy atom. The fraction of sp³-hybridized carbons (Fsp3) is 0.600. The van der Waals surface area contributed by atoms with Crippen LogP contribution in [0.4, 0.5) is 0 Å². The first kappa shape index (κ1) is 12.6. The van der Waals surface area contributed by atoms with Crippen LogP contribution in [0.15, 0.2) is 4.79 Å². The molecule has 5 heteroatoms. The van der Waals surface area contributed by atoms with Gasteiger partial charge in [0.2, 0.25) is 0 Å². The first-order valence-corrected chi connectivity index (χ1v) is 5.89.